The molecule has 18 heavy (non-hydrogen) atoms. The number of Topliss-reactive ketones (excluding diaryl/α,β-unsaturated/α-hetero) is 1. The van der Waals surface area contributed by atoms with Gasteiger partial charge < -0.3 is 5.32 Å². The first-order valence-electron chi connectivity index (χ1n) is 5.11. The Kier molecular flexibility index (Phi) is 4.41. The smallest absolute Gasteiger partial charge is 0.311 e. The predicted molar refractivity (Wildman–Crippen MR) is 58.2 cm³/mol. The number of anilines is 1. The zero-order valence-electron chi connectivity index (χ0n) is 9.54. The van der Waals surface area contributed by atoms with Gasteiger partial charge in [0.05, 0.1) is 6.42 Å². The molecule has 98 valence electrons. The molecular formula is C11H11F3N2O2. The average Bonchev–Trinajstić information content (AvgIpc) is 2.26. The predicted octanol–water partition coefficient (Wildman–Crippen LogP) is 2.57. The van der Waals surface area contributed by atoms with Crippen LogP contribution in [-0.2, 0) is 4.79 Å². The first kappa shape index (κ1) is 14.1. The molecule has 1 amide bonds. The van der Waals surface area contributed by atoms with Gasteiger partial charge in [-0.1, -0.05) is 0 Å². The Labute approximate surface area is 101 Å². The molecule has 0 aliphatic carbocycles. The summed E-state index contributed by atoms with van der Waals surface area (Å²) in [5.74, 6) is -0.833. The molecule has 0 aliphatic heterocycles. The molecular weight excluding hydrogens is 249 g/mol. The molecule has 0 atom stereocenters. The van der Waals surface area contributed by atoms with E-state index in [9.17, 15) is 22.8 Å². The van der Waals surface area contributed by atoms with Crippen molar-refractivity contribution in [1.29, 1.82) is 0 Å². The van der Waals surface area contributed by atoms with Crippen LogP contribution in [0.25, 0.3) is 0 Å². The number of nitrogens with zero attached hydrogens (tertiary/aromatic N) is 1. The SMILES string of the molecule is CC(=O)c1ccc(NC(=O)CCC(F)(F)F)nc1. The number of aromatic nitrogens is 1. The molecule has 0 aromatic carbocycles. The van der Waals surface area contributed by atoms with Gasteiger partial charge in [-0.3, -0.25) is 9.59 Å². The van der Waals surface area contributed by atoms with E-state index in [-0.39, 0.29) is 11.6 Å². The summed E-state index contributed by atoms with van der Waals surface area (Å²) < 4.78 is 35.6. The molecule has 0 unspecified atom stereocenters. The lowest BCUT2D eigenvalue weighted by Crippen LogP contribution is -2.17. The third-order valence-electron chi connectivity index (χ3n) is 2.07. The van der Waals surface area contributed by atoms with Crippen LogP contribution in [0.1, 0.15) is 30.1 Å². The quantitative estimate of drug-likeness (QED) is 0.846. The van der Waals surface area contributed by atoms with E-state index in [1.807, 2.05) is 0 Å². The normalized spacial score (nSPS) is 11.1. The van der Waals surface area contributed by atoms with Crippen molar-refractivity contribution >= 4 is 17.5 Å². The molecule has 0 bridgehead atoms. The minimum atomic E-state index is -4.36. The molecule has 0 radical (unpaired) electrons. The zero-order valence-corrected chi connectivity index (χ0v) is 9.54. The monoisotopic (exact) mass is 260 g/mol. The fourth-order valence-corrected chi connectivity index (χ4v) is 1.14. The number of carbonyl (C=O) groups is 2. The minimum absolute atomic E-state index is 0.118. The van der Waals surface area contributed by atoms with Gasteiger partial charge in [0.2, 0.25) is 5.91 Å². The second-order valence-electron chi connectivity index (χ2n) is 3.65. The number of amides is 1. The highest BCUT2D eigenvalue weighted by atomic mass is 19.4. The maximum absolute atomic E-state index is 11.9. The van der Waals surface area contributed by atoms with Crippen LogP contribution in [0, 0.1) is 0 Å². The molecule has 1 aromatic heterocycles. The van der Waals surface area contributed by atoms with E-state index in [0.717, 1.165) is 0 Å². The van der Waals surface area contributed by atoms with Crippen molar-refractivity contribution in [3.8, 4) is 0 Å². The second kappa shape index (κ2) is 5.61. The highest BCUT2D eigenvalue weighted by molar-refractivity contribution is 5.94. The van der Waals surface area contributed by atoms with E-state index < -0.39 is 24.9 Å². The van der Waals surface area contributed by atoms with Crippen LogP contribution in [0.5, 0.6) is 0 Å². The first-order valence-corrected chi connectivity index (χ1v) is 5.11. The maximum atomic E-state index is 11.9. The summed E-state index contributed by atoms with van der Waals surface area (Å²) in [6.45, 7) is 1.36. The number of alkyl halides is 3. The van der Waals surface area contributed by atoms with Crippen LogP contribution >= 0.6 is 0 Å². The summed E-state index contributed by atoms with van der Waals surface area (Å²) in [5.41, 5.74) is 0.364. The molecule has 1 rings (SSSR count). The summed E-state index contributed by atoms with van der Waals surface area (Å²) in [5, 5.41) is 2.22. The Morgan fingerprint density at radius 2 is 2.00 bits per heavy atom. The van der Waals surface area contributed by atoms with Gasteiger partial charge in [0.15, 0.2) is 5.78 Å². The summed E-state index contributed by atoms with van der Waals surface area (Å²) in [6, 6.07) is 2.80. The van der Waals surface area contributed by atoms with E-state index in [0.29, 0.717) is 5.56 Å². The highest BCUT2D eigenvalue weighted by Crippen LogP contribution is 2.21. The van der Waals surface area contributed by atoms with Crippen LogP contribution in [0.4, 0.5) is 19.0 Å². The average molecular weight is 260 g/mol. The molecule has 7 heteroatoms. The van der Waals surface area contributed by atoms with Gasteiger partial charge in [-0.15, -0.1) is 0 Å². The van der Waals surface area contributed by atoms with E-state index in [1.54, 1.807) is 0 Å². The van der Waals surface area contributed by atoms with E-state index in [1.165, 1.54) is 25.3 Å². The van der Waals surface area contributed by atoms with Gasteiger partial charge in [0.25, 0.3) is 0 Å². The van der Waals surface area contributed by atoms with Gasteiger partial charge in [-0.05, 0) is 19.1 Å². The van der Waals surface area contributed by atoms with Crippen molar-refractivity contribution < 1.29 is 22.8 Å². The summed E-state index contributed by atoms with van der Waals surface area (Å²) in [6.07, 6.45) is -4.94. The van der Waals surface area contributed by atoms with Gasteiger partial charge in [-0.2, -0.15) is 13.2 Å². The van der Waals surface area contributed by atoms with Crippen molar-refractivity contribution in [2.45, 2.75) is 25.9 Å². The minimum Gasteiger partial charge on any atom is -0.311 e. The molecule has 0 spiro atoms. The van der Waals surface area contributed by atoms with Crippen molar-refractivity contribution in [1.82, 2.24) is 4.98 Å². The summed E-state index contributed by atoms with van der Waals surface area (Å²) in [7, 11) is 0. The Morgan fingerprint density at radius 3 is 2.44 bits per heavy atom. The van der Waals surface area contributed by atoms with Crippen molar-refractivity contribution in [2.24, 2.45) is 0 Å². The van der Waals surface area contributed by atoms with Crippen LogP contribution < -0.4 is 5.32 Å². The molecule has 1 heterocycles. The number of nitrogens with one attached hydrogen (secondary N) is 1. The standard InChI is InChI=1S/C11H11F3N2O2/c1-7(17)8-2-3-9(15-6-8)16-10(18)4-5-11(12,13)14/h2-3,6H,4-5H2,1H3,(H,15,16,18). The van der Waals surface area contributed by atoms with Crippen molar-refractivity contribution in [2.75, 3.05) is 5.32 Å². The zero-order chi connectivity index (χ0) is 13.8. The van der Waals surface area contributed by atoms with Crippen LogP contribution in [0.3, 0.4) is 0 Å². The molecule has 0 fully saturated rings. The van der Waals surface area contributed by atoms with Crippen LogP contribution in [-0.4, -0.2) is 22.9 Å². The third kappa shape index (κ3) is 4.94. The fourth-order valence-electron chi connectivity index (χ4n) is 1.14. The van der Waals surface area contributed by atoms with Gasteiger partial charge >= 0.3 is 6.18 Å². The number of carbonyl (C=O) groups excluding carboxylic acids is 2. The van der Waals surface area contributed by atoms with Crippen LogP contribution in [0.15, 0.2) is 18.3 Å². The third-order valence-corrected chi connectivity index (χ3v) is 2.07. The topological polar surface area (TPSA) is 59.1 Å². The number of hydrogen-bond donors (Lipinski definition) is 1. The number of halogens is 3. The Hall–Kier alpha value is -1.92. The van der Waals surface area contributed by atoms with E-state index >= 15 is 0 Å². The molecule has 0 saturated heterocycles. The van der Waals surface area contributed by atoms with Crippen molar-refractivity contribution in [3.63, 3.8) is 0 Å². The molecule has 0 aliphatic rings. The fraction of sp³-hybridized carbons (Fsp3) is 0.364. The lowest BCUT2D eigenvalue weighted by molar-refractivity contribution is -0.142. The summed E-state index contributed by atoms with van der Waals surface area (Å²) >= 11 is 0. The summed E-state index contributed by atoms with van der Waals surface area (Å²) in [4.78, 5) is 25.8. The highest BCUT2D eigenvalue weighted by Gasteiger charge is 2.27. The Bertz CT molecular complexity index is 441. The largest absolute Gasteiger partial charge is 0.389 e. The molecule has 0 saturated carbocycles. The van der Waals surface area contributed by atoms with Gasteiger partial charge in [0.1, 0.15) is 5.82 Å². The maximum Gasteiger partial charge on any atom is 0.389 e. The first-order chi connectivity index (χ1) is 8.28. The van der Waals surface area contributed by atoms with E-state index in [4.69, 9.17) is 0 Å². The Morgan fingerprint density at radius 1 is 1.33 bits per heavy atom. The number of hydrogen-bond acceptors (Lipinski definition) is 3. The van der Waals surface area contributed by atoms with E-state index in [2.05, 4.69) is 10.3 Å². The lowest BCUT2D eigenvalue weighted by Gasteiger charge is -2.07. The van der Waals surface area contributed by atoms with Crippen molar-refractivity contribution in [3.05, 3.63) is 23.9 Å². The Balaban J connectivity index is 2.52. The molecule has 1 aromatic rings. The van der Waals surface area contributed by atoms with Gasteiger partial charge in [-0.25, -0.2) is 4.98 Å². The second-order valence-corrected chi connectivity index (χ2v) is 3.65. The van der Waals surface area contributed by atoms with Gasteiger partial charge in [0, 0.05) is 18.2 Å². The molecule has 1 N–H and O–H groups in total. The number of ketones is 1. The number of pyridine rings is 1. The van der Waals surface area contributed by atoms with Crippen LogP contribution in [0.2, 0.25) is 0 Å². The molecule has 4 nitrogen and oxygen atoms in total. The lowest BCUT2D eigenvalue weighted by atomic mass is 10.2. The number of rotatable bonds is 4.